The van der Waals surface area contributed by atoms with Crippen molar-refractivity contribution in [2.45, 2.75) is 13.8 Å². The molecular formula is C16H20N2O. The van der Waals surface area contributed by atoms with E-state index < -0.39 is 0 Å². The zero-order chi connectivity index (χ0) is 13.7. The molecule has 0 aliphatic rings. The Balaban J connectivity index is 1.93. The summed E-state index contributed by atoms with van der Waals surface area (Å²) in [5.41, 5.74) is 1.11. The van der Waals surface area contributed by atoms with Crippen LogP contribution in [0.2, 0.25) is 0 Å². The van der Waals surface area contributed by atoms with Crippen LogP contribution < -0.4 is 10.6 Å². The molecule has 0 spiro atoms. The molecule has 100 valence electrons. The minimum atomic E-state index is 0.0394. The largest absolute Gasteiger partial charge is 0.383 e. The first-order valence-corrected chi connectivity index (χ1v) is 6.68. The highest BCUT2D eigenvalue weighted by atomic mass is 16.1. The Morgan fingerprint density at radius 3 is 2.58 bits per heavy atom. The molecule has 0 saturated heterocycles. The van der Waals surface area contributed by atoms with Gasteiger partial charge in [0.1, 0.15) is 0 Å². The fourth-order valence-corrected chi connectivity index (χ4v) is 1.97. The van der Waals surface area contributed by atoms with Crippen LogP contribution in [0.25, 0.3) is 10.8 Å². The van der Waals surface area contributed by atoms with Crippen molar-refractivity contribution in [3.8, 4) is 0 Å². The van der Waals surface area contributed by atoms with Crippen LogP contribution >= 0.6 is 0 Å². The second-order valence-electron chi connectivity index (χ2n) is 4.90. The van der Waals surface area contributed by atoms with Crippen molar-refractivity contribution in [2.24, 2.45) is 5.92 Å². The Morgan fingerprint density at radius 2 is 1.79 bits per heavy atom. The summed E-state index contributed by atoms with van der Waals surface area (Å²) in [5, 5.41) is 8.70. The summed E-state index contributed by atoms with van der Waals surface area (Å²) in [6.07, 6.45) is 0. The zero-order valence-corrected chi connectivity index (χ0v) is 11.4. The molecular weight excluding hydrogens is 236 g/mol. The van der Waals surface area contributed by atoms with Crippen molar-refractivity contribution in [1.82, 2.24) is 5.32 Å². The second kappa shape index (κ2) is 6.23. The molecule has 1 amide bonds. The van der Waals surface area contributed by atoms with E-state index in [1.165, 1.54) is 10.8 Å². The van der Waals surface area contributed by atoms with Gasteiger partial charge in [-0.25, -0.2) is 0 Å². The number of hydrogen-bond donors (Lipinski definition) is 2. The summed E-state index contributed by atoms with van der Waals surface area (Å²) < 4.78 is 0. The van der Waals surface area contributed by atoms with E-state index in [-0.39, 0.29) is 11.8 Å². The highest BCUT2D eigenvalue weighted by Gasteiger charge is 2.05. The normalized spacial score (nSPS) is 10.7. The number of amides is 1. The third-order valence-electron chi connectivity index (χ3n) is 3.05. The predicted octanol–water partition coefficient (Wildman–Crippen LogP) is 3.02. The lowest BCUT2D eigenvalue weighted by molar-refractivity contribution is -0.123. The minimum absolute atomic E-state index is 0.0394. The zero-order valence-electron chi connectivity index (χ0n) is 11.4. The molecule has 0 aliphatic carbocycles. The maximum atomic E-state index is 11.4. The molecule has 3 nitrogen and oxygen atoms in total. The van der Waals surface area contributed by atoms with Gasteiger partial charge >= 0.3 is 0 Å². The molecule has 0 aliphatic heterocycles. The quantitative estimate of drug-likeness (QED) is 0.807. The van der Waals surface area contributed by atoms with E-state index >= 15 is 0 Å². The maximum absolute atomic E-state index is 11.4. The van der Waals surface area contributed by atoms with E-state index in [1.54, 1.807) is 0 Å². The van der Waals surface area contributed by atoms with Gasteiger partial charge in [0.2, 0.25) is 5.91 Å². The Morgan fingerprint density at radius 1 is 1.05 bits per heavy atom. The Hall–Kier alpha value is -2.03. The van der Waals surface area contributed by atoms with Crippen molar-refractivity contribution in [2.75, 3.05) is 18.4 Å². The van der Waals surface area contributed by atoms with Gasteiger partial charge in [-0.05, 0) is 11.5 Å². The fourth-order valence-electron chi connectivity index (χ4n) is 1.97. The number of anilines is 1. The summed E-state index contributed by atoms with van der Waals surface area (Å²) in [6.45, 7) is 5.16. The van der Waals surface area contributed by atoms with Crippen LogP contribution in [0.1, 0.15) is 13.8 Å². The molecule has 0 aromatic heterocycles. The number of carbonyl (C=O) groups excluding carboxylic acids is 1. The number of rotatable bonds is 5. The van der Waals surface area contributed by atoms with E-state index in [9.17, 15) is 4.79 Å². The molecule has 0 saturated carbocycles. The highest BCUT2D eigenvalue weighted by Crippen LogP contribution is 2.22. The van der Waals surface area contributed by atoms with Gasteiger partial charge in [0, 0.05) is 30.1 Å². The molecule has 2 aromatic carbocycles. The average molecular weight is 256 g/mol. The monoisotopic (exact) mass is 256 g/mol. The van der Waals surface area contributed by atoms with E-state index in [1.807, 2.05) is 32.0 Å². The molecule has 0 fully saturated rings. The Labute approximate surface area is 114 Å². The molecule has 2 N–H and O–H groups in total. The Bertz CT molecular complexity index is 558. The predicted molar refractivity (Wildman–Crippen MR) is 80.3 cm³/mol. The third-order valence-corrected chi connectivity index (χ3v) is 3.05. The third kappa shape index (κ3) is 3.47. The first-order chi connectivity index (χ1) is 9.18. The van der Waals surface area contributed by atoms with Gasteiger partial charge in [-0.1, -0.05) is 50.2 Å². The standard InChI is InChI=1S/C16H20N2O/c1-12(2)16(19)18-11-10-17-15-9-5-7-13-6-3-4-8-14(13)15/h3-9,12,17H,10-11H2,1-2H3,(H,18,19). The van der Waals surface area contributed by atoms with Gasteiger partial charge in [-0.2, -0.15) is 0 Å². The lowest BCUT2D eigenvalue weighted by atomic mass is 10.1. The van der Waals surface area contributed by atoms with Crippen molar-refractivity contribution < 1.29 is 4.79 Å². The van der Waals surface area contributed by atoms with Crippen molar-refractivity contribution in [1.29, 1.82) is 0 Å². The van der Waals surface area contributed by atoms with Gasteiger partial charge in [0.25, 0.3) is 0 Å². The molecule has 19 heavy (non-hydrogen) atoms. The summed E-state index contributed by atoms with van der Waals surface area (Å²) in [4.78, 5) is 11.4. The summed E-state index contributed by atoms with van der Waals surface area (Å²) in [5.74, 6) is 0.136. The van der Waals surface area contributed by atoms with Crippen molar-refractivity contribution in [3.63, 3.8) is 0 Å². The molecule has 0 bridgehead atoms. The van der Waals surface area contributed by atoms with Crippen LogP contribution in [-0.4, -0.2) is 19.0 Å². The summed E-state index contributed by atoms with van der Waals surface area (Å²) in [6, 6.07) is 14.5. The first-order valence-electron chi connectivity index (χ1n) is 6.68. The minimum Gasteiger partial charge on any atom is -0.383 e. The number of hydrogen-bond acceptors (Lipinski definition) is 2. The summed E-state index contributed by atoms with van der Waals surface area (Å²) >= 11 is 0. The van der Waals surface area contributed by atoms with E-state index in [0.29, 0.717) is 6.54 Å². The number of benzene rings is 2. The van der Waals surface area contributed by atoms with Crippen LogP contribution in [0.15, 0.2) is 42.5 Å². The van der Waals surface area contributed by atoms with Gasteiger partial charge in [-0.3, -0.25) is 4.79 Å². The molecule has 0 unspecified atom stereocenters. The molecule has 2 aromatic rings. The Kier molecular flexibility index (Phi) is 4.39. The van der Waals surface area contributed by atoms with Crippen molar-refractivity contribution in [3.05, 3.63) is 42.5 Å². The maximum Gasteiger partial charge on any atom is 0.222 e. The molecule has 2 rings (SSSR count). The smallest absolute Gasteiger partial charge is 0.222 e. The second-order valence-corrected chi connectivity index (χ2v) is 4.90. The lowest BCUT2D eigenvalue weighted by Gasteiger charge is -2.11. The van der Waals surface area contributed by atoms with E-state index in [4.69, 9.17) is 0 Å². The van der Waals surface area contributed by atoms with Gasteiger partial charge < -0.3 is 10.6 Å². The average Bonchev–Trinajstić information content (AvgIpc) is 2.43. The van der Waals surface area contributed by atoms with Crippen LogP contribution in [0, 0.1) is 5.92 Å². The summed E-state index contributed by atoms with van der Waals surface area (Å²) in [7, 11) is 0. The highest BCUT2D eigenvalue weighted by molar-refractivity contribution is 5.93. The molecule has 3 heteroatoms. The number of carbonyl (C=O) groups is 1. The van der Waals surface area contributed by atoms with Crippen LogP contribution in [0.4, 0.5) is 5.69 Å². The molecule has 0 atom stereocenters. The van der Waals surface area contributed by atoms with E-state index in [2.05, 4.69) is 34.9 Å². The fraction of sp³-hybridized carbons (Fsp3) is 0.312. The van der Waals surface area contributed by atoms with Crippen LogP contribution in [-0.2, 0) is 4.79 Å². The van der Waals surface area contributed by atoms with E-state index in [0.717, 1.165) is 12.2 Å². The topological polar surface area (TPSA) is 41.1 Å². The van der Waals surface area contributed by atoms with Gasteiger partial charge in [0.15, 0.2) is 0 Å². The van der Waals surface area contributed by atoms with Gasteiger partial charge in [-0.15, -0.1) is 0 Å². The number of nitrogens with one attached hydrogen (secondary N) is 2. The molecule has 0 heterocycles. The lowest BCUT2D eigenvalue weighted by Crippen LogP contribution is -2.31. The van der Waals surface area contributed by atoms with Crippen molar-refractivity contribution >= 4 is 22.4 Å². The number of fused-ring (bicyclic) bond motifs is 1. The van der Waals surface area contributed by atoms with Gasteiger partial charge in [0.05, 0.1) is 0 Å². The van der Waals surface area contributed by atoms with Crippen LogP contribution in [0.3, 0.4) is 0 Å². The molecule has 0 radical (unpaired) electrons. The SMILES string of the molecule is CC(C)C(=O)NCCNc1cccc2ccccc12. The first kappa shape index (κ1) is 13.4. The van der Waals surface area contributed by atoms with Crippen LogP contribution in [0.5, 0.6) is 0 Å².